The summed E-state index contributed by atoms with van der Waals surface area (Å²) in [6, 6.07) is 2.16. The Morgan fingerprint density at radius 3 is 2.75 bits per heavy atom. The molecule has 1 aliphatic rings. The smallest absolute Gasteiger partial charge is 0.337 e. The third-order valence-electron chi connectivity index (χ3n) is 3.25. The third kappa shape index (κ3) is 2.21. The molecule has 1 aliphatic heterocycles. The molecule has 0 radical (unpaired) electrons. The molecule has 1 amide bonds. The van der Waals surface area contributed by atoms with Gasteiger partial charge in [-0.3, -0.25) is 4.79 Å². The van der Waals surface area contributed by atoms with Gasteiger partial charge in [-0.1, -0.05) is 0 Å². The molecule has 0 spiro atoms. The number of nitrogens with zero attached hydrogens (tertiary/aromatic N) is 4. The standard InChI is InChI=1S/C12H11F3N4O/c13-12(14,15)9-3-4-10-16-6-8(19(10)17-9)7-18-5-1-2-11(18)20/h3-4,6H,1-2,5,7H2. The number of carbonyl (C=O) groups is 1. The second-order valence-electron chi connectivity index (χ2n) is 4.65. The Balaban J connectivity index is 1.97. The molecular formula is C12H11F3N4O. The van der Waals surface area contributed by atoms with Gasteiger partial charge in [-0.15, -0.1) is 0 Å². The van der Waals surface area contributed by atoms with E-state index in [4.69, 9.17) is 0 Å². The molecule has 8 heteroatoms. The maximum Gasteiger partial charge on any atom is 0.435 e. The van der Waals surface area contributed by atoms with Crippen molar-refractivity contribution < 1.29 is 18.0 Å². The SMILES string of the molecule is O=C1CCCN1Cc1cnc2ccc(C(F)(F)F)nn12. The van der Waals surface area contributed by atoms with Crippen LogP contribution in [0.25, 0.3) is 5.65 Å². The number of hydrogen-bond acceptors (Lipinski definition) is 3. The Morgan fingerprint density at radius 1 is 1.30 bits per heavy atom. The van der Waals surface area contributed by atoms with Crippen LogP contribution in [0, 0.1) is 0 Å². The summed E-state index contributed by atoms with van der Waals surface area (Å²) in [5.74, 6) is 0.00641. The van der Waals surface area contributed by atoms with Crippen LogP contribution in [-0.4, -0.2) is 31.9 Å². The fraction of sp³-hybridized carbons (Fsp3) is 0.417. The minimum absolute atomic E-state index is 0.00641. The maximum atomic E-state index is 12.7. The molecule has 3 rings (SSSR count). The van der Waals surface area contributed by atoms with Crippen LogP contribution in [0.5, 0.6) is 0 Å². The zero-order valence-electron chi connectivity index (χ0n) is 10.4. The van der Waals surface area contributed by atoms with E-state index in [0.717, 1.165) is 17.0 Å². The van der Waals surface area contributed by atoms with Crippen molar-refractivity contribution in [2.24, 2.45) is 0 Å². The number of fused-ring (bicyclic) bond motifs is 1. The first kappa shape index (κ1) is 12.9. The van der Waals surface area contributed by atoms with Crippen LogP contribution in [0.2, 0.25) is 0 Å². The van der Waals surface area contributed by atoms with E-state index in [-0.39, 0.29) is 12.5 Å². The highest BCUT2D eigenvalue weighted by atomic mass is 19.4. The quantitative estimate of drug-likeness (QED) is 0.846. The van der Waals surface area contributed by atoms with Gasteiger partial charge in [0.15, 0.2) is 11.3 Å². The van der Waals surface area contributed by atoms with Gasteiger partial charge in [0, 0.05) is 13.0 Å². The minimum atomic E-state index is -4.50. The van der Waals surface area contributed by atoms with Gasteiger partial charge >= 0.3 is 6.18 Å². The number of halogens is 3. The molecule has 0 unspecified atom stereocenters. The molecule has 0 aliphatic carbocycles. The van der Waals surface area contributed by atoms with E-state index in [1.54, 1.807) is 4.90 Å². The molecule has 20 heavy (non-hydrogen) atoms. The number of imidazole rings is 1. The lowest BCUT2D eigenvalue weighted by molar-refractivity contribution is -0.142. The summed E-state index contributed by atoms with van der Waals surface area (Å²) in [6.45, 7) is 0.847. The molecule has 5 nitrogen and oxygen atoms in total. The highest BCUT2D eigenvalue weighted by Crippen LogP contribution is 2.27. The highest BCUT2D eigenvalue weighted by molar-refractivity contribution is 5.78. The van der Waals surface area contributed by atoms with Gasteiger partial charge in [0.2, 0.25) is 5.91 Å². The molecule has 2 aromatic heterocycles. The van der Waals surface area contributed by atoms with Crippen LogP contribution < -0.4 is 0 Å². The van der Waals surface area contributed by atoms with Crippen molar-refractivity contribution in [3.05, 3.63) is 29.7 Å². The summed E-state index contributed by atoms with van der Waals surface area (Å²) in [6.07, 6.45) is -1.79. The van der Waals surface area contributed by atoms with Crippen molar-refractivity contribution in [3.63, 3.8) is 0 Å². The van der Waals surface area contributed by atoms with E-state index in [1.807, 2.05) is 0 Å². The highest BCUT2D eigenvalue weighted by Gasteiger charge is 2.33. The third-order valence-corrected chi connectivity index (χ3v) is 3.25. The molecular weight excluding hydrogens is 273 g/mol. The fourth-order valence-electron chi connectivity index (χ4n) is 2.25. The van der Waals surface area contributed by atoms with Crippen molar-refractivity contribution >= 4 is 11.6 Å². The minimum Gasteiger partial charge on any atom is -0.337 e. The first-order valence-corrected chi connectivity index (χ1v) is 6.14. The van der Waals surface area contributed by atoms with Crippen molar-refractivity contribution in [2.45, 2.75) is 25.6 Å². The summed E-state index contributed by atoms with van der Waals surface area (Å²) >= 11 is 0. The zero-order chi connectivity index (χ0) is 14.3. The molecule has 1 saturated heterocycles. The van der Waals surface area contributed by atoms with Crippen LogP contribution in [0.1, 0.15) is 24.2 Å². The average molecular weight is 284 g/mol. The predicted octanol–water partition coefficient (Wildman–Crippen LogP) is 1.87. The topological polar surface area (TPSA) is 50.5 Å². The van der Waals surface area contributed by atoms with Gasteiger partial charge in [0.1, 0.15) is 0 Å². The number of alkyl halides is 3. The number of carbonyl (C=O) groups excluding carboxylic acids is 1. The van der Waals surface area contributed by atoms with Crippen LogP contribution in [0.3, 0.4) is 0 Å². The number of likely N-dealkylation sites (tertiary alicyclic amines) is 1. The largest absolute Gasteiger partial charge is 0.435 e. The number of rotatable bonds is 2. The van der Waals surface area contributed by atoms with E-state index < -0.39 is 11.9 Å². The molecule has 106 valence electrons. The first-order chi connectivity index (χ1) is 9.45. The van der Waals surface area contributed by atoms with E-state index in [0.29, 0.717) is 24.3 Å². The summed E-state index contributed by atoms with van der Waals surface area (Å²) in [5.41, 5.74) is -0.169. The maximum absolute atomic E-state index is 12.7. The van der Waals surface area contributed by atoms with E-state index in [2.05, 4.69) is 10.1 Å². The fourth-order valence-corrected chi connectivity index (χ4v) is 2.25. The van der Waals surface area contributed by atoms with Crippen LogP contribution in [0.15, 0.2) is 18.3 Å². The summed E-state index contributed by atoms with van der Waals surface area (Å²) in [5, 5.41) is 3.56. The summed E-state index contributed by atoms with van der Waals surface area (Å²) in [7, 11) is 0. The molecule has 0 aromatic carbocycles. The van der Waals surface area contributed by atoms with Crippen molar-refractivity contribution in [1.29, 1.82) is 0 Å². The van der Waals surface area contributed by atoms with E-state index in [1.165, 1.54) is 12.3 Å². The second kappa shape index (κ2) is 4.46. The normalized spacial score (nSPS) is 16.4. The average Bonchev–Trinajstić information content (AvgIpc) is 2.96. The molecule has 0 bridgehead atoms. The van der Waals surface area contributed by atoms with Gasteiger partial charge in [-0.2, -0.15) is 18.3 Å². The Morgan fingerprint density at radius 2 is 2.10 bits per heavy atom. The van der Waals surface area contributed by atoms with E-state index >= 15 is 0 Å². The van der Waals surface area contributed by atoms with Gasteiger partial charge in [0.25, 0.3) is 0 Å². The van der Waals surface area contributed by atoms with Gasteiger partial charge < -0.3 is 4.90 Å². The van der Waals surface area contributed by atoms with Crippen molar-refractivity contribution in [3.8, 4) is 0 Å². The van der Waals surface area contributed by atoms with Gasteiger partial charge in [-0.25, -0.2) is 9.50 Å². The van der Waals surface area contributed by atoms with Crippen molar-refractivity contribution in [2.75, 3.05) is 6.54 Å². The Labute approximate surface area is 112 Å². The zero-order valence-corrected chi connectivity index (χ0v) is 10.4. The lowest BCUT2D eigenvalue weighted by Crippen LogP contribution is -2.25. The predicted molar refractivity (Wildman–Crippen MR) is 62.6 cm³/mol. The monoisotopic (exact) mass is 284 g/mol. The summed E-state index contributed by atoms with van der Waals surface area (Å²) < 4.78 is 39.1. The number of hydrogen-bond donors (Lipinski definition) is 0. The molecule has 0 N–H and O–H groups in total. The van der Waals surface area contributed by atoms with Crippen molar-refractivity contribution in [1.82, 2.24) is 19.5 Å². The number of amides is 1. The molecule has 0 saturated carbocycles. The van der Waals surface area contributed by atoms with Crippen LogP contribution >= 0.6 is 0 Å². The Kier molecular flexibility index (Phi) is 2.88. The Bertz CT molecular complexity index is 664. The lowest BCUT2D eigenvalue weighted by Gasteiger charge is -2.14. The lowest BCUT2D eigenvalue weighted by atomic mass is 10.4. The Hall–Kier alpha value is -2.12. The first-order valence-electron chi connectivity index (χ1n) is 6.14. The molecule has 3 heterocycles. The van der Waals surface area contributed by atoms with Crippen LogP contribution in [-0.2, 0) is 17.5 Å². The van der Waals surface area contributed by atoms with Gasteiger partial charge in [0.05, 0.1) is 18.4 Å². The molecule has 0 atom stereocenters. The second-order valence-corrected chi connectivity index (χ2v) is 4.65. The molecule has 1 fully saturated rings. The number of aromatic nitrogens is 3. The van der Waals surface area contributed by atoms with E-state index in [9.17, 15) is 18.0 Å². The summed E-state index contributed by atoms with van der Waals surface area (Å²) in [4.78, 5) is 17.2. The molecule has 2 aromatic rings. The van der Waals surface area contributed by atoms with Gasteiger partial charge in [-0.05, 0) is 18.6 Å². The van der Waals surface area contributed by atoms with Crippen LogP contribution in [0.4, 0.5) is 13.2 Å².